The zero-order chi connectivity index (χ0) is 10.1. The van der Waals surface area contributed by atoms with Crippen molar-refractivity contribution in [2.24, 2.45) is 5.16 Å². The minimum absolute atomic E-state index is 0.639. The van der Waals surface area contributed by atoms with Gasteiger partial charge < -0.3 is 5.21 Å². The van der Waals surface area contributed by atoms with Crippen molar-refractivity contribution in [3.63, 3.8) is 0 Å². The SMILES string of the molecule is C=CC.CC(=NO)c1ccccc1. The van der Waals surface area contributed by atoms with Crippen LogP contribution in [0, 0.1) is 0 Å². The Morgan fingerprint density at radius 3 is 2.23 bits per heavy atom. The first-order valence-corrected chi connectivity index (χ1v) is 4.07. The topological polar surface area (TPSA) is 32.6 Å². The molecule has 0 spiro atoms. The molecule has 0 bridgehead atoms. The molecule has 0 amide bonds. The van der Waals surface area contributed by atoms with E-state index in [1.807, 2.05) is 37.3 Å². The first kappa shape index (κ1) is 11.4. The monoisotopic (exact) mass is 177 g/mol. The van der Waals surface area contributed by atoms with E-state index in [2.05, 4.69) is 11.7 Å². The largest absolute Gasteiger partial charge is 0.411 e. The summed E-state index contributed by atoms with van der Waals surface area (Å²) in [4.78, 5) is 0. The lowest BCUT2D eigenvalue weighted by atomic mass is 10.1. The van der Waals surface area contributed by atoms with E-state index in [4.69, 9.17) is 5.21 Å². The highest BCUT2D eigenvalue weighted by molar-refractivity contribution is 5.98. The highest BCUT2D eigenvalue weighted by Crippen LogP contribution is 1.99. The fourth-order valence-corrected chi connectivity index (χ4v) is 0.737. The van der Waals surface area contributed by atoms with Crippen LogP contribution in [0.1, 0.15) is 19.4 Å². The molecule has 0 heterocycles. The maximum absolute atomic E-state index is 8.38. The van der Waals surface area contributed by atoms with Crippen LogP contribution in [-0.2, 0) is 0 Å². The molecule has 0 aromatic heterocycles. The molecule has 70 valence electrons. The maximum Gasteiger partial charge on any atom is 0.0836 e. The second-order valence-corrected chi connectivity index (χ2v) is 2.46. The molecule has 0 aliphatic carbocycles. The number of allylic oxidation sites excluding steroid dienone is 1. The Labute approximate surface area is 79.2 Å². The Morgan fingerprint density at radius 1 is 1.38 bits per heavy atom. The summed E-state index contributed by atoms with van der Waals surface area (Å²) < 4.78 is 0. The number of oxime groups is 1. The fraction of sp³-hybridized carbons (Fsp3) is 0.182. The van der Waals surface area contributed by atoms with E-state index in [-0.39, 0.29) is 0 Å². The van der Waals surface area contributed by atoms with Crippen LogP contribution in [0.2, 0.25) is 0 Å². The molecule has 0 saturated heterocycles. The molecule has 1 rings (SSSR count). The van der Waals surface area contributed by atoms with Gasteiger partial charge in [0.25, 0.3) is 0 Å². The standard InChI is InChI=1S/C8H9NO.C3H6/c1-7(9-10)8-5-3-2-4-6-8;1-3-2/h2-6,10H,1H3;3H,1H2,2H3. The van der Waals surface area contributed by atoms with Crippen LogP contribution in [0.15, 0.2) is 48.1 Å². The quantitative estimate of drug-likeness (QED) is 0.304. The van der Waals surface area contributed by atoms with Crippen molar-refractivity contribution in [3.05, 3.63) is 48.6 Å². The van der Waals surface area contributed by atoms with Gasteiger partial charge in [0.05, 0.1) is 5.71 Å². The van der Waals surface area contributed by atoms with E-state index >= 15 is 0 Å². The van der Waals surface area contributed by atoms with Crippen molar-refractivity contribution >= 4 is 5.71 Å². The van der Waals surface area contributed by atoms with E-state index in [0.29, 0.717) is 5.71 Å². The van der Waals surface area contributed by atoms with Crippen LogP contribution in [0.5, 0.6) is 0 Å². The zero-order valence-electron chi connectivity index (χ0n) is 8.07. The summed E-state index contributed by atoms with van der Waals surface area (Å²) in [6.07, 6.45) is 1.75. The Morgan fingerprint density at radius 2 is 1.85 bits per heavy atom. The average molecular weight is 177 g/mol. The Hall–Kier alpha value is -1.57. The average Bonchev–Trinajstić information content (AvgIpc) is 2.19. The van der Waals surface area contributed by atoms with Crippen LogP contribution < -0.4 is 0 Å². The molecular formula is C11H15NO. The first-order valence-electron chi connectivity index (χ1n) is 4.07. The lowest BCUT2D eigenvalue weighted by Gasteiger charge is -1.94. The van der Waals surface area contributed by atoms with Crippen molar-refractivity contribution in [2.75, 3.05) is 0 Å². The van der Waals surface area contributed by atoms with Crippen molar-refractivity contribution < 1.29 is 5.21 Å². The molecule has 0 fully saturated rings. The van der Waals surface area contributed by atoms with Gasteiger partial charge >= 0.3 is 0 Å². The highest BCUT2D eigenvalue weighted by atomic mass is 16.4. The molecule has 1 aromatic carbocycles. The van der Waals surface area contributed by atoms with E-state index in [1.165, 1.54) is 0 Å². The number of benzene rings is 1. The Bertz CT molecular complexity index is 265. The number of hydrogen-bond acceptors (Lipinski definition) is 2. The molecule has 0 unspecified atom stereocenters. The molecule has 13 heavy (non-hydrogen) atoms. The summed E-state index contributed by atoms with van der Waals surface area (Å²) in [6, 6.07) is 9.53. The summed E-state index contributed by atoms with van der Waals surface area (Å²) in [6.45, 7) is 7.01. The second kappa shape index (κ2) is 7.10. The summed E-state index contributed by atoms with van der Waals surface area (Å²) >= 11 is 0. The van der Waals surface area contributed by atoms with Crippen LogP contribution in [-0.4, -0.2) is 10.9 Å². The van der Waals surface area contributed by atoms with Gasteiger partial charge in [0.2, 0.25) is 0 Å². The first-order chi connectivity index (χ1) is 6.26. The van der Waals surface area contributed by atoms with Gasteiger partial charge in [0.1, 0.15) is 0 Å². The van der Waals surface area contributed by atoms with Crippen LogP contribution in [0.3, 0.4) is 0 Å². The Kier molecular flexibility index (Phi) is 6.24. The lowest BCUT2D eigenvalue weighted by molar-refractivity contribution is 0.319. The minimum atomic E-state index is 0.639. The molecule has 1 N–H and O–H groups in total. The van der Waals surface area contributed by atoms with Gasteiger partial charge in [-0.3, -0.25) is 0 Å². The molecule has 2 nitrogen and oxygen atoms in total. The van der Waals surface area contributed by atoms with E-state index in [1.54, 1.807) is 13.0 Å². The molecule has 0 aliphatic rings. The third-order valence-corrected chi connectivity index (χ3v) is 1.34. The van der Waals surface area contributed by atoms with E-state index < -0.39 is 0 Å². The second-order valence-electron chi connectivity index (χ2n) is 2.46. The molecule has 0 radical (unpaired) electrons. The molecule has 0 atom stereocenters. The predicted octanol–water partition coefficient (Wildman–Crippen LogP) is 3.08. The summed E-state index contributed by atoms with van der Waals surface area (Å²) in [5.74, 6) is 0. The predicted molar refractivity (Wildman–Crippen MR) is 56.3 cm³/mol. The third kappa shape index (κ3) is 4.80. The normalized spacial score (nSPS) is 9.85. The van der Waals surface area contributed by atoms with Crippen molar-refractivity contribution in [1.82, 2.24) is 0 Å². The third-order valence-electron chi connectivity index (χ3n) is 1.34. The van der Waals surface area contributed by atoms with Gasteiger partial charge in [-0.25, -0.2) is 0 Å². The summed E-state index contributed by atoms with van der Waals surface area (Å²) in [7, 11) is 0. The smallest absolute Gasteiger partial charge is 0.0836 e. The minimum Gasteiger partial charge on any atom is -0.411 e. The number of hydrogen-bond donors (Lipinski definition) is 1. The maximum atomic E-state index is 8.38. The molecule has 1 aromatic rings. The number of rotatable bonds is 1. The van der Waals surface area contributed by atoms with Crippen molar-refractivity contribution in [2.45, 2.75) is 13.8 Å². The van der Waals surface area contributed by atoms with E-state index in [0.717, 1.165) is 5.56 Å². The highest BCUT2D eigenvalue weighted by Gasteiger charge is 1.92. The van der Waals surface area contributed by atoms with Gasteiger partial charge in [-0.2, -0.15) is 0 Å². The number of nitrogens with zero attached hydrogens (tertiary/aromatic N) is 1. The van der Waals surface area contributed by atoms with Crippen molar-refractivity contribution in [1.29, 1.82) is 0 Å². The molecule has 2 heteroatoms. The summed E-state index contributed by atoms with van der Waals surface area (Å²) in [5.41, 5.74) is 1.59. The van der Waals surface area contributed by atoms with Gasteiger partial charge in [-0.1, -0.05) is 41.6 Å². The fourth-order valence-electron chi connectivity index (χ4n) is 0.737. The van der Waals surface area contributed by atoms with Crippen LogP contribution >= 0.6 is 0 Å². The lowest BCUT2D eigenvalue weighted by Crippen LogP contribution is -1.92. The zero-order valence-corrected chi connectivity index (χ0v) is 8.07. The molecule has 0 saturated carbocycles. The van der Waals surface area contributed by atoms with Gasteiger partial charge in [-0.05, 0) is 19.4 Å². The van der Waals surface area contributed by atoms with Crippen LogP contribution in [0.4, 0.5) is 0 Å². The Balaban J connectivity index is 0.000000424. The molecule has 0 aliphatic heterocycles. The van der Waals surface area contributed by atoms with Crippen molar-refractivity contribution in [3.8, 4) is 0 Å². The van der Waals surface area contributed by atoms with Gasteiger partial charge in [-0.15, -0.1) is 6.58 Å². The molecular weight excluding hydrogens is 162 g/mol. The van der Waals surface area contributed by atoms with Gasteiger partial charge in [0.15, 0.2) is 0 Å². The summed E-state index contributed by atoms with van der Waals surface area (Å²) in [5, 5.41) is 11.5. The van der Waals surface area contributed by atoms with Gasteiger partial charge in [0, 0.05) is 0 Å². The van der Waals surface area contributed by atoms with Crippen LogP contribution in [0.25, 0.3) is 0 Å². The van der Waals surface area contributed by atoms with E-state index in [9.17, 15) is 0 Å².